The van der Waals surface area contributed by atoms with E-state index in [2.05, 4.69) is 24.5 Å². The van der Waals surface area contributed by atoms with E-state index >= 15 is 0 Å². The molecule has 0 aromatic rings. The van der Waals surface area contributed by atoms with Crippen molar-refractivity contribution < 1.29 is 5.11 Å². The van der Waals surface area contributed by atoms with Gasteiger partial charge < -0.3 is 10.0 Å². The van der Waals surface area contributed by atoms with Crippen molar-refractivity contribution in [2.75, 3.05) is 19.3 Å². The van der Waals surface area contributed by atoms with Gasteiger partial charge in [0.15, 0.2) is 0 Å². The maximum atomic E-state index is 9.73. The van der Waals surface area contributed by atoms with E-state index in [0.29, 0.717) is 13.1 Å². The van der Waals surface area contributed by atoms with Crippen molar-refractivity contribution in [3.05, 3.63) is 0 Å². The SMILES string of the molecule is C[Si](C)(C)CN1CC(O)(CC#N)C1. The average molecular weight is 198 g/mol. The lowest BCUT2D eigenvalue weighted by Gasteiger charge is -2.47. The standard InChI is InChI=1S/C9H18N2OSi/c1-13(2,3)8-11-6-9(12,7-11)4-5-10/h12H,4,6-8H2,1-3H3. The molecule has 1 fully saturated rings. The van der Waals surface area contributed by atoms with Crippen LogP contribution in [0.3, 0.4) is 0 Å². The molecule has 74 valence electrons. The second-order valence-electron chi connectivity index (χ2n) is 5.27. The van der Waals surface area contributed by atoms with E-state index in [1.54, 1.807) is 0 Å². The molecule has 0 radical (unpaired) electrons. The molecule has 3 nitrogen and oxygen atoms in total. The highest BCUT2D eigenvalue weighted by molar-refractivity contribution is 6.76. The van der Waals surface area contributed by atoms with Gasteiger partial charge in [-0.3, -0.25) is 0 Å². The zero-order valence-electron chi connectivity index (χ0n) is 8.67. The largest absolute Gasteiger partial charge is 0.386 e. The summed E-state index contributed by atoms with van der Waals surface area (Å²) in [6, 6.07) is 2.03. The number of β-amino-alcohol motifs (C(OH)–C–C–N with tert-alkyl or cyclic N) is 1. The fourth-order valence-corrected chi connectivity index (χ4v) is 3.39. The van der Waals surface area contributed by atoms with Gasteiger partial charge in [-0.1, -0.05) is 19.6 Å². The van der Waals surface area contributed by atoms with Gasteiger partial charge in [0.2, 0.25) is 0 Å². The predicted octanol–water partition coefficient (Wildman–Crippen LogP) is 0.824. The van der Waals surface area contributed by atoms with Crippen LogP contribution in [0.2, 0.25) is 19.6 Å². The third-order valence-corrected chi connectivity index (χ3v) is 3.54. The summed E-state index contributed by atoms with van der Waals surface area (Å²) in [6.07, 6.45) is 1.40. The Labute approximate surface area is 81.0 Å². The lowest BCUT2D eigenvalue weighted by atomic mass is 9.92. The number of nitrogens with zero attached hydrogens (tertiary/aromatic N) is 2. The highest BCUT2D eigenvalue weighted by Crippen LogP contribution is 2.25. The van der Waals surface area contributed by atoms with Crippen molar-refractivity contribution in [1.29, 1.82) is 5.26 Å². The second-order valence-corrected chi connectivity index (χ2v) is 10.7. The molecule has 0 aliphatic carbocycles. The van der Waals surface area contributed by atoms with E-state index in [1.165, 1.54) is 0 Å². The molecule has 13 heavy (non-hydrogen) atoms. The Morgan fingerprint density at radius 1 is 1.46 bits per heavy atom. The van der Waals surface area contributed by atoms with E-state index in [4.69, 9.17) is 5.26 Å². The summed E-state index contributed by atoms with van der Waals surface area (Å²) in [6.45, 7) is 8.31. The maximum Gasteiger partial charge on any atom is 0.103 e. The summed E-state index contributed by atoms with van der Waals surface area (Å²) in [4.78, 5) is 2.25. The highest BCUT2D eigenvalue weighted by atomic mass is 28.3. The molecule has 1 N–H and O–H groups in total. The number of hydrogen-bond acceptors (Lipinski definition) is 3. The molecule has 0 aromatic heterocycles. The fourth-order valence-electron chi connectivity index (χ4n) is 1.83. The summed E-state index contributed by atoms with van der Waals surface area (Å²) in [5.74, 6) is 0. The Kier molecular flexibility index (Phi) is 2.81. The first-order valence-corrected chi connectivity index (χ1v) is 8.37. The molecular weight excluding hydrogens is 180 g/mol. The van der Waals surface area contributed by atoms with Crippen LogP contribution in [0.1, 0.15) is 6.42 Å². The molecule has 0 unspecified atom stereocenters. The molecule has 1 aliphatic rings. The van der Waals surface area contributed by atoms with Crippen molar-refractivity contribution in [3.8, 4) is 6.07 Å². The first kappa shape index (κ1) is 10.7. The van der Waals surface area contributed by atoms with Crippen LogP contribution in [0.25, 0.3) is 0 Å². The van der Waals surface area contributed by atoms with Gasteiger partial charge in [0.05, 0.1) is 20.6 Å². The minimum absolute atomic E-state index is 0.273. The molecule has 4 heteroatoms. The van der Waals surface area contributed by atoms with Crippen molar-refractivity contribution in [2.24, 2.45) is 0 Å². The molecular formula is C9H18N2OSi. The van der Waals surface area contributed by atoms with E-state index in [1.807, 2.05) is 6.07 Å². The van der Waals surface area contributed by atoms with E-state index in [9.17, 15) is 5.11 Å². The second kappa shape index (κ2) is 3.41. The minimum Gasteiger partial charge on any atom is -0.386 e. The molecule has 1 heterocycles. The van der Waals surface area contributed by atoms with E-state index < -0.39 is 13.7 Å². The quantitative estimate of drug-likeness (QED) is 0.683. The maximum absolute atomic E-state index is 9.73. The molecule has 1 saturated heterocycles. The van der Waals surface area contributed by atoms with E-state index in [-0.39, 0.29) is 6.42 Å². The molecule has 0 spiro atoms. The summed E-state index contributed by atoms with van der Waals surface area (Å²) >= 11 is 0. The number of nitriles is 1. The predicted molar refractivity (Wildman–Crippen MR) is 55.0 cm³/mol. The van der Waals surface area contributed by atoms with Crippen molar-refractivity contribution >= 4 is 8.07 Å². The van der Waals surface area contributed by atoms with Gasteiger partial charge in [-0.05, 0) is 6.17 Å². The Hall–Kier alpha value is -0.373. The van der Waals surface area contributed by atoms with Crippen molar-refractivity contribution in [1.82, 2.24) is 4.90 Å². The van der Waals surface area contributed by atoms with Crippen molar-refractivity contribution in [2.45, 2.75) is 31.7 Å². The molecule has 0 atom stereocenters. The smallest absolute Gasteiger partial charge is 0.103 e. The van der Waals surface area contributed by atoms with Crippen LogP contribution < -0.4 is 0 Å². The van der Waals surface area contributed by atoms with Gasteiger partial charge >= 0.3 is 0 Å². The topological polar surface area (TPSA) is 47.3 Å². The number of hydrogen-bond donors (Lipinski definition) is 1. The molecule has 0 bridgehead atoms. The zero-order valence-corrected chi connectivity index (χ0v) is 9.67. The molecule has 0 amide bonds. The van der Waals surface area contributed by atoms with Crippen LogP contribution in [0, 0.1) is 11.3 Å². The van der Waals surface area contributed by atoms with Crippen LogP contribution in [0.15, 0.2) is 0 Å². The van der Waals surface area contributed by atoms with Crippen LogP contribution in [0.5, 0.6) is 0 Å². The molecule has 0 saturated carbocycles. The molecule has 1 aliphatic heterocycles. The van der Waals surface area contributed by atoms with Gasteiger partial charge in [-0.2, -0.15) is 5.26 Å². The van der Waals surface area contributed by atoms with Gasteiger partial charge in [-0.15, -0.1) is 0 Å². The first-order chi connectivity index (χ1) is 5.85. The van der Waals surface area contributed by atoms with Gasteiger partial charge in [0.1, 0.15) is 5.60 Å². The summed E-state index contributed by atoms with van der Waals surface area (Å²) in [7, 11) is -1.04. The van der Waals surface area contributed by atoms with Crippen LogP contribution in [0.4, 0.5) is 0 Å². The summed E-state index contributed by atoms with van der Waals surface area (Å²) in [5, 5.41) is 18.2. The lowest BCUT2D eigenvalue weighted by Crippen LogP contribution is -2.64. The highest BCUT2D eigenvalue weighted by Gasteiger charge is 2.42. The van der Waals surface area contributed by atoms with Crippen LogP contribution in [-0.2, 0) is 0 Å². The van der Waals surface area contributed by atoms with E-state index in [0.717, 1.165) is 6.17 Å². The number of likely N-dealkylation sites (tertiary alicyclic amines) is 1. The summed E-state index contributed by atoms with van der Waals surface area (Å²) < 4.78 is 0. The monoisotopic (exact) mass is 198 g/mol. The normalized spacial score (nSPS) is 22.1. The fraction of sp³-hybridized carbons (Fsp3) is 0.889. The Bertz CT molecular complexity index is 223. The summed E-state index contributed by atoms with van der Waals surface area (Å²) in [5.41, 5.74) is -0.700. The third-order valence-electron chi connectivity index (χ3n) is 2.14. The zero-order chi connectivity index (χ0) is 10.1. The Morgan fingerprint density at radius 3 is 2.38 bits per heavy atom. The van der Waals surface area contributed by atoms with Crippen LogP contribution in [-0.4, -0.2) is 42.9 Å². The van der Waals surface area contributed by atoms with Gasteiger partial charge in [0.25, 0.3) is 0 Å². The number of aliphatic hydroxyl groups is 1. The van der Waals surface area contributed by atoms with Gasteiger partial charge in [0, 0.05) is 13.1 Å². The minimum atomic E-state index is -1.04. The third kappa shape index (κ3) is 3.11. The first-order valence-electron chi connectivity index (χ1n) is 4.66. The van der Waals surface area contributed by atoms with Crippen LogP contribution >= 0.6 is 0 Å². The van der Waals surface area contributed by atoms with Gasteiger partial charge in [-0.25, -0.2) is 0 Å². The lowest BCUT2D eigenvalue weighted by molar-refractivity contribution is -0.0864. The Balaban J connectivity index is 2.30. The molecule has 0 aromatic carbocycles. The molecule has 1 rings (SSSR count). The Morgan fingerprint density at radius 2 is 2.00 bits per heavy atom. The average Bonchev–Trinajstić information content (AvgIpc) is 1.80. The van der Waals surface area contributed by atoms with Crippen molar-refractivity contribution in [3.63, 3.8) is 0 Å². The number of rotatable bonds is 3.